The molecule has 8 heteroatoms. The van der Waals surface area contributed by atoms with Crippen LogP contribution in [0.5, 0.6) is 0 Å². The number of nitrogens with zero attached hydrogens (tertiary/aromatic N) is 2. The fourth-order valence-electron chi connectivity index (χ4n) is 3.14. The molecule has 1 saturated heterocycles. The van der Waals surface area contributed by atoms with Gasteiger partial charge in [0.2, 0.25) is 11.8 Å². The van der Waals surface area contributed by atoms with Crippen LogP contribution in [-0.2, 0) is 20.9 Å². The van der Waals surface area contributed by atoms with Crippen LogP contribution in [0.15, 0.2) is 24.3 Å². The number of ether oxygens (including phenoxy) is 1. The largest absolute Gasteiger partial charge is 0.450 e. The van der Waals surface area contributed by atoms with Crippen molar-refractivity contribution in [3.8, 4) is 0 Å². The van der Waals surface area contributed by atoms with E-state index in [1.807, 2.05) is 0 Å². The summed E-state index contributed by atoms with van der Waals surface area (Å²) in [5.74, 6) is -0.736. The Hall–Kier alpha value is -2.64. The zero-order valence-electron chi connectivity index (χ0n) is 16.4. The van der Waals surface area contributed by atoms with Crippen molar-refractivity contribution in [3.63, 3.8) is 0 Å². The minimum atomic E-state index is -0.369. The van der Waals surface area contributed by atoms with Crippen LogP contribution in [0.25, 0.3) is 0 Å². The highest BCUT2D eigenvalue weighted by Crippen LogP contribution is 2.13. The Morgan fingerprint density at radius 2 is 1.93 bits per heavy atom. The Bertz CT molecular complexity index is 690. The molecule has 0 saturated carbocycles. The number of carbonyl (C=O) groups is 3. The van der Waals surface area contributed by atoms with Crippen molar-refractivity contribution in [2.24, 2.45) is 0 Å². The zero-order chi connectivity index (χ0) is 20.5. The second-order valence-corrected chi connectivity index (χ2v) is 6.81. The highest BCUT2D eigenvalue weighted by Gasteiger charge is 2.24. The number of hydrogen-bond acceptors (Lipinski definition) is 4. The standard InChI is InChI=1S/C20H28FN3O4/c1-3-28-20(27)23-11-8-17(9-12-23)22-19(26)10-13-24(15(2)25)14-16-6-4-5-7-18(16)21/h4-7,17H,3,8-14H2,1-2H3,(H,22,26). The molecule has 0 atom stereocenters. The molecule has 1 aromatic carbocycles. The van der Waals surface area contributed by atoms with Gasteiger partial charge in [0.05, 0.1) is 6.61 Å². The number of likely N-dealkylation sites (tertiary alicyclic amines) is 1. The third-order valence-corrected chi connectivity index (χ3v) is 4.76. The van der Waals surface area contributed by atoms with E-state index in [0.717, 1.165) is 0 Å². The smallest absolute Gasteiger partial charge is 0.409 e. The first-order valence-corrected chi connectivity index (χ1v) is 9.60. The molecule has 28 heavy (non-hydrogen) atoms. The maximum absolute atomic E-state index is 13.8. The fraction of sp³-hybridized carbons (Fsp3) is 0.550. The van der Waals surface area contributed by atoms with Crippen LogP contribution in [0.4, 0.5) is 9.18 Å². The third kappa shape index (κ3) is 6.51. The minimum absolute atomic E-state index is 0.00415. The van der Waals surface area contributed by atoms with E-state index in [2.05, 4.69) is 5.32 Å². The third-order valence-electron chi connectivity index (χ3n) is 4.76. The molecule has 0 spiro atoms. The number of amides is 3. The summed E-state index contributed by atoms with van der Waals surface area (Å²) in [5, 5.41) is 2.95. The summed E-state index contributed by atoms with van der Waals surface area (Å²) >= 11 is 0. The van der Waals surface area contributed by atoms with Gasteiger partial charge in [0.1, 0.15) is 5.82 Å². The zero-order valence-corrected chi connectivity index (χ0v) is 16.4. The maximum atomic E-state index is 13.8. The van der Waals surface area contributed by atoms with Crippen LogP contribution >= 0.6 is 0 Å². The second-order valence-electron chi connectivity index (χ2n) is 6.81. The van der Waals surface area contributed by atoms with E-state index in [1.54, 1.807) is 30.0 Å². The lowest BCUT2D eigenvalue weighted by Crippen LogP contribution is -2.47. The summed E-state index contributed by atoms with van der Waals surface area (Å²) in [5.41, 5.74) is 0.421. The van der Waals surface area contributed by atoms with Gasteiger partial charge in [-0.2, -0.15) is 0 Å². The quantitative estimate of drug-likeness (QED) is 0.771. The number of rotatable bonds is 7. The van der Waals surface area contributed by atoms with Crippen molar-refractivity contribution < 1.29 is 23.5 Å². The maximum Gasteiger partial charge on any atom is 0.409 e. The molecule has 1 aromatic rings. The fourth-order valence-corrected chi connectivity index (χ4v) is 3.14. The Labute approximate surface area is 164 Å². The molecule has 0 unspecified atom stereocenters. The van der Waals surface area contributed by atoms with Crippen molar-refractivity contribution in [2.75, 3.05) is 26.2 Å². The predicted octanol–water partition coefficient (Wildman–Crippen LogP) is 2.30. The van der Waals surface area contributed by atoms with Crippen molar-refractivity contribution >= 4 is 17.9 Å². The Morgan fingerprint density at radius 1 is 1.25 bits per heavy atom. The van der Waals surface area contributed by atoms with Crippen molar-refractivity contribution in [1.82, 2.24) is 15.1 Å². The van der Waals surface area contributed by atoms with Crippen molar-refractivity contribution in [2.45, 2.75) is 45.7 Å². The van der Waals surface area contributed by atoms with Crippen LogP contribution in [0, 0.1) is 5.82 Å². The minimum Gasteiger partial charge on any atom is -0.450 e. The summed E-state index contributed by atoms with van der Waals surface area (Å²) in [6, 6.07) is 6.28. The van der Waals surface area contributed by atoms with Crippen LogP contribution < -0.4 is 5.32 Å². The SMILES string of the molecule is CCOC(=O)N1CCC(NC(=O)CCN(Cc2ccccc2F)C(C)=O)CC1. The summed E-state index contributed by atoms with van der Waals surface area (Å²) in [4.78, 5) is 38.9. The molecule has 2 rings (SSSR count). The average molecular weight is 393 g/mol. The molecule has 1 fully saturated rings. The summed E-state index contributed by atoms with van der Waals surface area (Å²) in [7, 11) is 0. The molecular weight excluding hydrogens is 365 g/mol. The summed E-state index contributed by atoms with van der Waals surface area (Å²) in [6.07, 6.45) is 1.15. The van der Waals surface area contributed by atoms with Gasteiger partial charge >= 0.3 is 6.09 Å². The van der Waals surface area contributed by atoms with E-state index in [9.17, 15) is 18.8 Å². The van der Waals surface area contributed by atoms with Crippen molar-refractivity contribution in [1.29, 1.82) is 0 Å². The Balaban J connectivity index is 1.77. The monoisotopic (exact) mass is 393 g/mol. The predicted molar refractivity (Wildman–Crippen MR) is 102 cm³/mol. The lowest BCUT2D eigenvalue weighted by molar-refractivity contribution is -0.130. The van der Waals surface area contributed by atoms with Gasteiger partial charge in [0, 0.05) is 51.1 Å². The van der Waals surface area contributed by atoms with Gasteiger partial charge in [0.25, 0.3) is 0 Å². The number of benzene rings is 1. The molecule has 0 aromatic heterocycles. The average Bonchev–Trinajstić information content (AvgIpc) is 2.67. The van der Waals surface area contributed by atoms with Gasteiger partial charge < -0.3 is 19.9 Å². The molecule has 0 aliphatic carbocycles. The molecule has 1 aliphatic heterocycles. The molecule has 154 valence electrons. The molecule has 1 heterocycles. The number of hydrogen-bond donors (Lipinski definition) is 1. The van der Waals surface area contributed by atoms with Gasteiger partial charge in [-0.3, -0.25) is 9.59 Å². The Kier molecular flexibility index (Phi) is 8.22. The lowest BCUT2D eigenvalue weighted by atomic mass is 10.1. The van der Waals surface area contributed by atoms with Gasteiger partial charge in [0.15, 0.2) is 0 Å². The molecule has 0 bridgehead atoms. The molecule has 7 nitrogen and oxygen atoms in total. The number of piperidine rings is 1. The van der Waals surface area contributed by atoms with E-state index >= 15 is 0 Å². The van der Waals surface area contributed by atoms with E-state index in [1.165, 1.54) is 17.9 Å². The molecule has 1 N–H and O–H groups in total. The van der Waals surface area contributed by atoms with E-state index < -0.39 is 0 Å². The van der Waals surface area contributed by atoms with E-state index in [0.29, 0.717) is 38.1 Å². The van der Waals surface area contributed by atoms with Crippen LogP contribution in [0.2, 0.25) is 0 Å². The summed E-state index contributed by atoms with van der Waals surface area (Å²) < 4.78 is 18.8. The second kappa shape index (κ2) is 10.6. The van der Waals surface area contributed by atoms with Gasteiger partial charge in [-0.25, -0.2) is 9.18 Å². The number of halogens is 1. The normalized spacial score (nSPS) is 14.5. The van der Waals surface area contributed by atoms with Gasteiger partial charge in [-0.1, -0.05) is 18.2 Å². The van der Waals surface area contributed by atoms with Crippen LogP contribution in [-0.4, -0.2) is 60.0 Å². The first-order chi connectivity index (χ1) is 13.4. The number of carbonyl (C=O) groups excluding carboxylic acids is 3. The molecular formula is C20H28FN3O4. The van der Waals surface area contributed by atoms with Crippen LogP contribution in [0.1, 0.15) is 38.7 Å². The van der Waals surface area contributed by atoms with E-state index in [4.69, 9.17) is 4.74 Å². The lowest BCUT2D eigenvalue weighted by Gasteiger charge is -2.31. The summed E-state index contributed by atoms with van der Waals surface area (Å²) in [6.45, 7) is 4.94. The van der Waals surface area contributed by atoms with Gasteiger partial charge in [-0.15, -0.1) is 0 Å². The molecule has 3 amide bonds. The highest BCUT2D eigenvalue weighted by atomic mass is 19.1. The van der Waals surface area contributed by atoms with Crippen molar-refractivity contribution in [3.05, 3.63) is 35.6 Å². The molecule has 1 aliphatic rings. The first kappa shape index (κ1) is 21.7. The Morgan fingerprint density at radius 3 is 2.54 bits per heavy atom. The van der Waals surface area contributed by atoms with Crippen LogP contribution in [0.3, 0.4) is 0 Å². The number of nitrogens with one attached hydrogen (secondary N) is 1. The highest BCUT2D eigenvalue weighted by molar-refractivity contribution is 5.78. The topological polar surface area (TPSA) is 79.0 Å². The first-order valence-electron chi connectivity index (χ1n) is 9.60. The van der Waals surface area contributed by atoms with E-state index in [-0.39, 0.29) is 49.3 Å². The van der Waals surface area contributed by atoms with Gasteiger partial charge in [-0.05, 0) is 25.8 Å². The molecule has 0 radical (unpaired) electrons.